The molecule has 0 aromatic heterocycles. The summed E-state index contributed by atoms with van der Waals surface area (Å²) in [7, 11) is 0. The van der Waals surface area contributed by atoms with E-state index in [4.69, 9.17) is 11.6 Å². The Morgan fingerprint density at radius 2 is 1.67 bits per heavy atom. The molecule has 2 aromatic rings. The maximum Gasteiger partial charge on any atom is 0.0551 e. The molecule has 0 spiro atoms. The zero-order chi connectivity index (χ0) is 13.0. The van der Waals surface area contributed by atoms with Gasteiger partial charge < -0.3 is 5.32 Å². The average molecular weight is 390 g/mol. The number of nitrogens with one attached hydrogen (secondary N) is 1. The van der Waals surface area contributed by atoms with E-state index >= 15 is 0 Å². The van der Waals surface area contributed by atoms with Gasteiger partial charge in [-0.05, 0) is 51.3 Å². The molecule has 1 nitrogen and oxygen atoms in total. The highest BCUT2D eigenvalue weighted by atomic mass is 79.9. The van der Waals surface area contributed by atoms with E-state index < -0.39 is 0 Å². The number of hydrogen-bond acceptors (Lipinski definition) is 1. The standard InChI is InChI=1S/C14H12Br2ClN/c15-12-3-1-2-10(6-12)8-18-9-11-4-5-13(16)14(17)7-11/h1-7,18H,8-9H2. The molecule has 0 radical (unpaired) electrons. The number of halogens is 3. The molecule has 0 heterocycles. The summed E-state index contributed by atoms with van der Waals surface area (Å²) in [5, 5.41) is 4.14. The molecule has 0 aliphatic rings. The Morgan fingerprint density at radius 1 is 0.944 bits per heavy atom. The van der Waals surface area contributed by atoms with Gasteiger partial charge in [0, 0.05) is 22.0 Å². The molecule has 0 amide bonds. The van der Waals surface area contributed by atoms with E-state index in [0.717, 1.165) is 27.1 Å². The summed E-state index contributed by atoms with van der Waals surface area (Å²) in [5.41, 5.74) is 2.44. The van der Waals surface area contributed by atoms with Crippen LogP contribution in [0.4, 0.5) is 0 Å². The minimum absolute atomic E-state index is 0.747. The van der Waals surface area contributed by atoms with E-state index in [1.54, 1.807) is 0 Å². The fraction of sp³-hybridized carbons (Fsp3) is 0.143. The summed E-state index contributed by atoms with van der Waals surface area (Å²) in [6.07, 6.45) is 0. The van der Waals surface area contributed by atoms with E-state index in [2.05, 4.69) is 55.4 Å². The van der Waals surface area contributed by atoms with E-state index in [9.17, 15) is 0 Å². The van der Waals surface area contributed by atoms with Crippen molar-refractivity contribution in [2.45, 2.75) is 13.1 Å². The van der Waals surface area contributed by atoms with Gasteiger partial charge in [0.25, 0.3) is 0 Å². The molecule has 1 N–H and O–H groups in total. The largest absolute Gasteiger partial charge is 0.309 e. The third kappa shape index (κ3) is 4.09. The third-order valence-corrected chi connectivity index (χ3v) is 4.26. The van der Waals surface area contributed by atoms with E-state index in [-0.39, 0.29) is 0 Å². The van der Waals surface area contributed by atoms with Crippen LogP contribution in [0.15, 0.2) is 51.4 Å². The Hall–Kier alpha value is -0.350. The van der Waals surface area contributed by atoms with Gasteiger partial charge in [0.2, 0.25) is 0 Å². The zero-order valence-electron chi connectivity index (χ0n) is 9.59. The lowest BCUT2D eigenvalue weighted by atomic mass is 10.2. The molecule has 2 rings (SSSR count). The Balaban J connectivity index is 1.90. The van der Waals surface area contributed by atoms with Crippen LogP contribution >= 0.6 is 43.5 Å². The summed E-state index contributed by atoms with van der Waals surface area (Å²) in [5.74, 6) is 0. The predicted octanol–water partition coefficient (Wildman–Crippen LogP) is 5.15. The van der Waals surface area contributed by atoms with Crippen molar-refractivity contribution < 1.29 is 0 Å². The number of hydrogen-bond donors (Lipinski definition) is 1. The van der Waals surface area contributed by atoms with Gasteiger partial charge in [-0.2, -0.15) is 0 Å². The minimum atomic E-state index is 0.747. The van der Waals surface area contributed by atoms with Gasteiger partial charge in [0.05, 0.1) is 5.02 Å². The minimum Gasteiger partial charge on any atom is -0.309 e. The van der Waals surface area contributed by atoms with E-state index in [1.165, 1.54) is 11.1 Å². The van der Waals surface area contributed by atoms with Gasteiger partial charge in [0.15, 0.2) is 0 Å². The van der Waals surface area contributed by atoms with Crippen LogP contribution in [0.1, 0.15) is 11.1 Å². The SMILES string of the molecule is Clc1cc(CNCc2cccc(Br)c2)ccc1Br. The topological polar surface area (TPSA) is 12.0 Å². The average Bonchev–Trinajstić information content (AvgIpc) is 2.34. The smallest absolute Gasteiger partial charge is 0.0551 e. The summed E-state index contributed by atoms with van der Waals surface area (Å²) >= 11 is 12.9. The molecule has 0 fully saturated rings. The summed E-state index contributed by atoms with van der Waals surface area (Å²) in [6, 6.07) is 14.3. The Kier molecular flexibility index (Phi) is 5.25. The van der Waals surface area contributed by atoms with Crippen LogP contribution in [-0.4, -0.2) is 0 Å². The first-order valence-electron chi connectivity index (χ1n) is 5.54. The summed E-state index contributed by atoms with van der Waals surface area (Å²) < 4.78 is 2.04. The second kappa shape index (κ2) is 6.71. The normalized spacial score (nSPS) is 10.6. The maximum atomic E-state index is 6.05. The Bertz CT molecular complexity index is 543. The quantitative estimate of drug-likeness (QED) is 0.762. The van der Waals surface area contributed by atoms with Gasteiger partial charge in [-0.25, -0.2) is 0 Å². The van der Waals surface area contributed by atoms with Crippen LogP contribution in [0.25, 0.3) is 0 Å². The molecule has 0 saturated carbocycles. The number of benzene rings is 2. The maximum absolute atomic E-state index is 6.05. The van der Waals surface area contributed by atoms with Crippen LogP contribution < -0.4 is 5.32 Å². The zero-order valence-corrected chi connectivity index (χ0v) is 13.5. The molecule has 0 unspecified atom stereocenters. The van der Waals surface area contributed by atoms with Crippen LogP contribution in [-0.2, 0) is 13.1 Å². The van der Waals surface area contributed by atoms with Gasteiger partial charge in [-0.1, -0.05) is 45.7 Å². The first kappa shape index (κ1) is 14.1. The fourth-order valence-corrected chi connectivity index (χ4v) is 2.54. The molecule has 4 heteroatoms. The van der Waals surface area contributed by atoms with Crippen molar-refractivity contribution >= 4 is 43.5 Å². The van der Waals surface area contributed by atoms with Crippen molar-refractivity contribution in [2.24, 2.45) is 0 Å². The fourth-order valence-electron chi connectivity index (χ4n) is 1.65. The Labute approximate surface area is 129 Å². The molecular formula is C14H12Br2ClN. The molecule has 94 valence electrons. The predicted molar refractivity (Wildman–Crippen MR) is 83.8 cm³/mol. The van der Waals surface area contributed by atoms with Crippen LogP contribution in [0, 0.1) is 0 Å². The second-order valence-electron chi connectivity index (χ2n) is 3.98. The van der Waals surface area contributed by atoms with E-state index in [1.807, 2.05) is 24.3 Å². The van der Waals surface area contributed by atoms with Crippen molar-refractivity contribution in [3.05, 3.63) is 67.6 Å². The van der Waals surface area contributed by atoms with E-state index in [0.29, 0.717) is 0 Å². The lowest BCUT2D eigenvalue weighted by Crippen LogP contribution is -2.12. The first-order valence-corrected chi connectivity index (χ1v) is 7.50. The molecule has 2 aromatic carbocycles. The van der Waals surface area contributed by atoms with Crippen LogP contribution in [0.3, 0.4) is 0 Å². The highest BCUT2D eigenvalue weighted by Gasteiger charge is 1.99. The molecule has 0 bridgehead atoms. The van der Waals surface area contributed by atoms with Crippen molar-refractivity contribution in [1.82, 2.24) is 5.32 Å². The van der Waals surface area contributed by atoms with Crippen molar-refractivity contribution in [2.75, 3.05) is 0 Å². The van der Waals surface area contributed by atoms with Crippen molar-refractivity contribution in [3.63, 3.8) is 0 Å². The highest BCUT2D eigenvalue weighted by Crippen LogP contribution is 2.23. The van der Waals surface area contributed by atoms with Crippen molar-refractivity contribution in [3.8, 4) is 0 Å². The highest BCUT2D eigenvalue weighted by molar-refractivity contribution is 9.10. The lowest BCUT2D eigenvalue weighted by Gasteiger charge is -2.06. The molecule has 18 heavy (non-hydrogen) atoms. The van der Waals surface area contributed by atoms with Gasteiger partial charge >= 0.3 is 0 Å². The molecular weight excluding hydrogens is 377 g/mol. The third-order valence-electron chi connectivity index (χ3n) is 2.53. The first-order chi connectivity index (χ1) is 8.65. The Morgan fingerprint density at radius 3 is 2.33 bits per heavy atom. The van der Waals surface area contributed by atoms with Crippen molar-refractivity contribution in [1.29, 1.82) is 0 Å². The number of rotatable bonds is 4. The monoisotopic (exact) mass is 387 g/mol. The summed E-state index contributed by atoms with van der Waals surface area (Å²) in [6.45, 7) is 1.65. The molecule has 0 aliphatic heterocycles. The van der Waals surface area contributed by atoms with Crippen LogP contribution in [0.2, 0.25) is 5.02 Å². The summed E-state index contributed by atoms with van der Waals surface area (Å²) in [4.78, 5) is 0. The molecule has 0 atom stereocenters. The van der Waals surface area contributed by atoms with Gasteiger partial charge in [-0.3, -0.25) is 0 Å². The molecule has 0 saturated heterocycles. The van der Waals surface area contributed by atoms with Gasteiger partial charge in [0.1, 0.15) is 0 Å². The molecule has 0 aliphatic carbocycles. The van der Waals surface area contributed by atoms with Crippen LogP contribution in [0.5, 0.6) is 0 Å². The second-order valence-corrected chi connectivity index (χ2v) is 6.16. The van der Waals surface area contributed by atoms with Gasteiger partial charge in [-0.15, -0.1) is 0 Å². The lowest BCUT2D eigenvalue weighted by molar-refractivity contribution is 0.693.